The molecule has 0 fully saturated rings. The summed E-state index contributed by atoms with van der Waals surface area (Å²) in [4.78, 5) is 6.64. The SMILES string of the molecule is Cc1cc(N(C)C)c2ccc(Br)cc2n1. The molecule has 2 rings (SSSR count). The van der Waals surface area contributed by atoms with Gasteiger partial charge < -0.3 is 4.90 Å². The molecule has 0 atom stereocenters. The summed E-state index contributed by atoms with van der Waals surface area (Å²) in [7, 11) is 4.10. The fourth-order valence-corrected chi connectivity index (χ4v) is 2.03. The fraction of sp³-hybridized carbons (Fsp3) is 0.250. The minimum absolute atomic E-state index is 1.04. The molecule has 0 spiro atoms. The topological polar surface area (TPSA) is 16.1 Å². The third-order valence-corrected chi connectivity index (χ3v) is 2.85. The van der Waals surface area contributed by atoms with Crippen LogP contribution in [0.1, 0.15) is 5.69 Å². The fourth-order valence-electron chi connectivity index (χ4n) is 1.68. The lowest BCUT2D eigenvalue weighted by atomic mass is 10.1. The first-order valence-corrected chi connectivity index (χ1v) is 5.61. The van der Waals surface area contributed by atoms with Gasteiger partial charge in [-0.15, -0.1) is 0 Å². The van der Waals surface area contributed by atoms with E-state index in [1.807, 2.05) is 13.0 Å². The second-order valence-corrected chi connectivity index (χ2v) is 4.75. The van der Waals surface area contributed by atoms with Gasteiger partial charge in [-0.1, -0.05) is 15.9 Å². The summed E-state index contributed by atoms with van der Waals surface area (Å²) in [6.07, 6.45) is 0. The van der Waals surface area contributed by atoms with E-state index in [4.69, 9.17) is 0 Å². The first-order valence-electron chi connectivity index (χ1n) is 4.82. The molecule has 15 heavy (non-hydrogen) atoms. The van der Waals surface area contributed by atoms with Gasteiger partial charge in [0.05, 0.1) is 5.52 Å². The van der Waals surface area contributed by atoms with Crippen LogP contribution in [0.4, 0.5) is 5.69 Å². The van der Waals surface area contributed by atoms with E-state index in [0.717, 1.165) is 15.7 Å². The van der Waals surface area contributed by atoms with Crippen molar-refractivity contribution in [1.29, 1.82) is 0 Å². The molecule has 0 amide bonds. The van der Waals surface area contributed by atoms with Gasteiger partial charge in [0.25, 0.3) is 0 Å². The van der Waals surface area contributed by atoms with Gasteiger partial charge in [0, 0.05) is 35.3 Å². The normalized spacial score (nSPS) is 10.7. The molecule has 0 radical (unpaired) electrons. The lowest BCUT2D eigenvalue weighted by molar-refractivity contribution is 1.12. The predicted octanol–water partition coefficient (Wildman–Crippen LogP) is 3.37. The maximum atomic E-state index is 4.52. The van der Waals surface area contributed by atoms with Gasteiger partial charge in [-0.3, -0.25) is 4.98 Å². The second kappa shape index (κ2) is 3.81. The molecule has 78 valence electrons. The average Bonchev–Trinajstić information content (AvgIpc) is 2.15. The summed E-state index contributed by atoms with van der Waals surface area (Å²) in [6, 6.07) is 8.30. The van der Waals surface area contributed by atoms with Gasteiger partial charge >= 0.3 is 0 Å². The molecule has 3 heteroatoms. The minimum atomic E-state index is 1.04. The summed E-state index contributed by atoms with van der Waals surface area (Å²) < 4.78 is 1.07. The Bertz CT molecular complexity index is 501. The Morgan fingerprint density at radius 3 is 2.60 bits per heavy atom. The number of rotatable bonds is 1. The van der Waals surface area contributed by atoms with Gasteiger partial charge in [0.1, 0.15) is 0 Å². The molecule has 2 nitrogen and oxygen atoms in total. The lowest BCUT2D eigenvalue weighted by Crippen LogP contribution is -2.09. The molecule has 0 aliphatic carbocycles. The van der Waals surface area contributed by atoms with Crippen molar-refractivity contribution in [2.75, 3.05) is 19.0 Å². The molecule has 0 unspecified atom stereocenters. The summed E-state index contributed by atoms with van der Waals surface area (Å²) in [5, 5.41) is 1.19. The van der Waals surface area contributed by atoms with Crippen LogP contribution in [-0.4, -0.2) is 19.1 Å². The van der Waals surface area contributed by atoms with E-state index in [1.165, 1.54) is 11.1 Å². The maximum absolute atomic E-state index is 4.52. The van der Waals surface area contributed by atoms with E-state index in [9.17, 15) is 0 Å². The van der Waals surface area contributed by atoms with Gasteiger partial charge in [-0.2, -0.15) is 0 Å². The van der Waals surface area contributed by atoms with E-state index in [1.54, 1.807) is 0 Å². The second-order valence-electron chi connectivity index (χ2n) is 3.84. The van der Waals surface area contributed by atoms with E-state index in [0.29, 0.717) is 0 Å². The van der Waals surface area contributed by atoms with Crippen LogP contribution in [0.5, 0.6) is 0 Å². The standard InChI is InChI=1S/C12H13BrN2/c1-8-6-12(15(2)3)10-5-4-9(13)7-11(10)14-8/h4-7H,1-3H3. The molecule has 1 heterocycles. The highest BCUT2D eigenvalue weighted by Gasteiger charge is 2.05. The van der Waals surface area contributed by atoms with Gasteiger partial charge in [-0.25, -0.2) is 0 Å². The zero-order valence-electron chi connectivity index (χ0n) is 9.08. The van der Waals surface area contributed by atoms with Crippen LogP contribution in [0.15, 0.2) is 28.7 Å². The number of pyridine rings is 1. The van der Waals surface area contributed by atoms with E-state index in [-0.39, 0.29) is 0 Å². The summed E-state index contributed by atoms with van der Waals surface area (Å²) in [5.41, 5.74) is 3.29. The minimum Gasteiger partial charge on any atom is -0.377 e. The highest BCUT2D eigenvalue weighted by atomic mass is 79.9. The van der Waals surface area contributed by atoms with Crippen LogP contribution >= 0.6 is 15.9 Å². The Morgan fingerprint density at radius 1 is 1.20 bits per heavy atom. The van der Waals surface area contributed by atoms with Crippen LogP contribution in [0, 0.1) is 6.92 Å². The summed E-state index contributed by atoms with van der Waals surface area (Å²) in [5.74, 6) is 0. The number of benzene rings is 1. The number of aryl methyl sites for hydroxylation is 1. The Hall–Kier alpha value is -1.09. The van der Waals surface area contributed by atoms with E-state index in [2.05, 4.69) is 58.1 Å². The Kier molecular flexibility index (Phi) is 2.65. The molecule has 0 N–H and O–H groups in total. The molecule has 1 aromatic carbocycles. The molecule has 0 aliphatic heterocycles. The highest BCUT2D eigenvalue weighted by molar-refractivity contribution is 9.10. The van der Waals surface area contributed by atoms with Crippen molar-refractivity contribution in [3.05, 3.63) is 34.4 Å². The number of nitrogens with zero attached hydrogens (tertiary/aromatic N) is 2. The van der Waals surface area contributed by atoms with Crippen molar-refractivity contribution in [3.63, 3.8) is 0 Å². The van der Waals surface area contributed by atoms with Crippen molar-refractivity contribution >= 4 is 32.5 Å². The largest absolute Gasteiger partial charge is 0.377 e. The first-order chi connectivity index (χ1) is 7.08. The van der Waals surface area contributed by atoms with Crippen LogP contribution in [0.25, 0.3) is 10.9 Å². The monoisotopic (exact) mass is 264 g/mol. The molecule has 0 aliphatic rings. The first kappa shape index (κ1) is 10.4. The number of hydrogen-bond donors (Lipinski definition) is 0. The Balaban J connectivity index is 2.80. The van der Waals surface area contributed by atoms with Crippen LogP contribution in [0.3, 0.4) is 0 Å². The van der Waals surface area contributed by atoms with Crippen molar-refractivity contribution in [1.82, 2.24) is 4.98 Å². The number of halogens is 1. The molecular formula is C12H13BrN2. The lowest BCUT2D eigenvalue weighted by Gasteiger charge is -2.16. The van der Waals surface area contributed by atoms with Gasteiger partial charge in [0.2, 0.25) is 0 Å². The van der Waals surface area contributed by atoms with Crippen molar-refractivity contribution < 1.29 is 0 Å². The third-order valence-electron chi connectivity index (χ3n) is 2.36. The number of aromatic nitrogens is 1. The molecule has 0 saturated carbocycles. The van der Waals surface area contributed by atoms with Crippen molar-refractivity contribution in [3.8, 4) is 0 Å². The van der Waals surface area contributed by atoms with Gasteiger partial charge in [-0.05, 0) is 31.2 Å². The maximum Gasteiger partial charge on any atom is 0.0737 e. The number of anilines is 1. The van der Waals surface area contributed by atoms with Gasteiger partial charge in [0.15, 0.2) is 0 Å². The molecule has 0 saturated heterocycles. The summed E-state index contributed by atoms with van der Waals surface area (Å²) >= 11 is 3.46. The zero-order valence-corrected chi connectivity index (χ0v) is 10.7. The zero-order chi connectivity index (χ0) is 11.0. The molecule has 2 aromatic rings. The van der Waals surface area contributed by atoms with Crippen LogP contribution in [-0.2, 0) is 0 Å². The summed E-state index contributed by atoms with van der Waals surface area (Å²) in [6.45, 7) is 2.02. The van der Waals surface area contributed by atoms with Crippen LogP contribution < -0.4 is 4.90 Å². The quantitative estimate of drug-likeness (QED) is 0.785. The highest BCUT2D eigenvalue weighted by Crippen LogP contribution is 2.27. The van der Waals surface area contributed by atoms with Crippen LogP contribution in [0.2, 0.25) is 0 Å². The van der Waals surface area contributed by atoms with E-state index >= 15 is 0 Å². The average molecular weight is 265 g/mol. The van der Waals surface area contributed by atoms with Crippen molar-refractivity contribution in [2.24, 2.45) is 0 Å². The molecule has 1 aromatic heterocycles. The molecular weight excluding hydrogens is 252 g/mol. The Labute approximate surface area is 98.1 Å². The Morgan fingerprint density at radius 2 is 1.93 bits per heavy atom. The smallest absolute Gasteiger partial charge is 0.0737 e. The number of hydrogen-bond acceptors (Lipinski definition) is 2. The van der Waals surface area contributed by atoms with Crippen molar-refractivity contribution in [2.45, 2.75) is 6.92 Å². The van der Waals surface area contributed by atoms with E-state index < -0.39 is 0 Å². The molecule has 0 bridgehead atoms. The third kappa shape index (κ3) is 1.97. The predicted molar refractivity (Wildman–Crippen MR) is 68.5 cm³/mol. The number of fused-ring (bicyclic) bond motifs is 1.